The second kappa shape index (κ2) is 9.75. The number of aryl methyl sites for hydroxylation is 1. The van der Waals surface area contributed by atoms with Crippen LogP contribution in [-0.4, -0.2) is 78.9 Å². The van der Waals surface area contributed by atoms with Crippen LogP contribution in [0, 0.1) is 12.7 Å². The van der Waals surface area contributed by atoms with Crippen molar-refractivity contribution in [1.82, 2.24) is 4.90 Å². The summed E-state index contributed by atoms with van der Waals surface area (Å²) in [7, 11) is 0. The Morgan fingerprint density at radius 3 is 2.50 bits per heavy atom. The molecule has 2 heterocycles. The van der Waals surface area contributed by atoms with Gasteiger partial charge in [-0.1, -0.05) is 12.1 Å². The molecule has 0 spiro atoms. The number of anilines is 1. The fraction of sp³-hybridized carbons (Fsp3) is 0.520. The van der Waals surface area contributed by atoms with Crippen molar-refractivity contribution in [2.75, 3.05) is 57.4 Å². The normalized spacial score (nSPS) is 24.2. The number of aliphatic hydroxyl groups is 2. The Morgan fingerprint density at radius 2 is 1.78 bits per heavy atom. The van der Waals surface area contributed by atoms with Gasteiger partial charge in [-0.15, -0.1) is 0 Å². The molecule has 0 aromatic heterocycles. The molecule has 2 saturated heterocycles. The summed E-state index contributed by atoms with van der Waals surface area (Å²) < 4.78 is 24.4. The van der Waals surface area contributed by atoms with E-state index in [4.69, 9.17) is 9.47 Å². The van der Waals surface area contributed by atoms with Gasteiger partial charge in [-0.05, 0) is 61.7 Å². The lowest BCUT2D eigenvalue weighted by molar-refractivity contribution is -0.0742. The molecule has 0 saturated carbocycles. The fourth-order valence-electron chi connectivity index (χ4n) is 4.55. The van der Waals surface area contributed by atoms with Gasteiger partial charge in [0.2, 0.25) is 0 Å². The monoisotopic (exact) mass is 444 g/mol. The van der Waals surface area contributed by atoms with Crippen LogP contribution < -0.4 is 9.64 Å². The van der Waals surface area contributed by atoms with E-state index < -0.39 is 11.2 Å². The molecule has 7 heteroatoms. The quantitative estimate of drug-likeness (QED) is 0.714. The van der Waals surface area contributed by atoms with Crippen molar-refractivity contribution >= 4 is 5.69 Å². The minimum atomic E-state index is -1.20. The number of nitrogens with zero attached hydrogens (tertiary/aromatic N) is 2. The van der Waals surface area contributed by atoms with E-state index in [0.717, 1.165) is 13.1 Å². The van der Waals surface area contributed by atoms with Gasteiger partial charge in [0.1, 0.15) is 23.8 Å². The number of benzene rings is 2. The molecule has 2 aromatic rings. The van der Waals surface area contributed by atoms with Gasteiger partial charge >= 0.3 is 0 Å². The first kappa shape index (κ1) is 23.0. The van der Waals surface area contributed by atoms with Crippen molar-refractivity contribution in [3.63, 3.8) is 0 Å². The number of ether oxygens (including phenoxy) is 2. The lowest BCUT2D eigenvalue weighted by Crippen LogP contribution is -2.55. The smallest absolute Gasteiger partial charge is 0.134 e. The summed E-state index contributed by atoms with van der Waals surface area (Å²) in [6, 6.07) is 14.2. The van der Waals surface area contributed by atoms with Crippen LogP contribution in [0.1, 0.15) is 18.4 Å². The Balaban J connectivity index is 1.33. The summed E-state index contributed by atoms with van der Waals surface area (Å²) >= 11 is 0. The summed E-state index contributed by atoms with van der Waals surface area (Å²) in [5, 5.41) is 22.4. The Bertz CT molecular complexity index is 886. The Labute approximate surface area is 189 Å². The maximum absolute atomic E-state index is 13.1. The van der Waals surface area contributed by atoms with Crippen LogP contribution in [0.5, 0.6) is 5.75 Å². The first-order valence-electron chi connectivity index (χ1n) is 11.3. The van der Waals surface area contributed by atoms with Crippen LogP contribution in [0.4, 0.5) is 10.1 Å². The third-order valence-corrected chi connectivity index (χ3v) is 6.34. The van der Waals surface area contributed by atoms with Crippen LogP contribution in [0.2, 0.25) is 0 Å². The molecule has 2 fully saturated rings. The molecule has 0 amide bonds. The second-order valence-corrected chi connectivity index (χ2v) is 9.28. The van der Waals surface area contributed by atoms with Gasteiger partial charge in [-0.25, -0.2) is 4.39 Å². The van der Waals surface area contributed by atoms with Gasteiger partial charge < -0.3 is 24.6 Å². The number of β-amino-alcohol motifs (C(OH)–C–C–N with tert-alkyl or cyclic N) is 2. The van der Waals surface area contributed by atoms with E-state index >= 15 is 0 Å². The molecular weight excluding hydrogens is 411 g/mol. The highest BCUT2D eigenvalue weighted by Crippen LogP contribution is 2.28. The average molecular weight is 445 g/mol. The van der Waals surface area contributed by atoms with Crippen molar-refractivity contribution in [3.8, 4) is 5.75 Å². The highest BCUT2D eigenvalue weighted by molar-refractivity contribution is 5.48. The zero-order valence-electron chi connectivity index (χ0n) is 18.7. The Morgan fingerprint density at radius 1 is 1.03 bits per heavy atom. The predicted octanol–water partition coefficient (Wildman–Crippen LogP) is 2.61. The van der Waals surface area contributed by atoms with Gasteiger partial charge in [0.05, 0.1) is 18.8 Å². The second-order valence-electron chi connectivity index (χ2n) is 9.28. The van der Waals surface area contributed by atoms with E-state index in [1.807, 2.05) is 0 Å². The van der Waals surface area contributed by atoms with Gasteiger partial charge in [-0.3, -0.25) is 4.90 Å². The third-order valence-electron chi connectivity index (χ3n) is 6.34. The van der Waals surface area contributed by atoms with Gasteiger partial charge in [0, 0.05) is 38.4 Å². The molecule has 1 unspecified atom stereocenters. The number of piperidine rings is 1. The van der Waals surface area contributed by atoms with E-state index in [1.54, 1.807) is 12.1 Å². The zero-order chi connectivity index (χ0) is 22.6. The molecular formula is C25H33FN2O4. The number of hydrogen-bond acceptors (Lipinski definition) is 6. The summed E-state index contributed by atoms with van der Waals surface area (Å²) in [5.74, 6) is 0.166. The van der Waals surface area contributed by atoms with E-state index in [1.165, 1.54) is 23.4 Å². The maximum Gasteiger partial charge on any atom is 0.134 e. The Hall–Kier alpha value is -2.19. The molecule has 174 valence electrons. The molecule has 0 aliphatic carbocycles. The van der Waals surface area contributed by atoms with Crippen LogP contribution in [0.15, 0.2) is 48.5 Å². The van der Waals surface area contributed by atoms with Crippen LogP contribution in [0.3, 0.4) is 0 Å². The molecule has 4 rings (SSSR count). The lowest BCUT2D eigenvalue weighted by Gasteiger charge is -2.42. The highest BCUT2D eigenvalue weighted by atomic mass is 19.1. The molecule has 2 N–H and O–H groups in total. The van der Waals surface area contributed by atoms with Crippen molar-refractivity contribution in [2.45, 2.75) is 31.0 Å². The van der Waals surface area contributed by atoms with E-state index in [-0.39, 0.29) is 19.0 Å². The first-order chi connectivity index (χ1) is 15.3. The topological polar surface area (TPSA) is 65.4 Å². The SMILES string of the molecule is Cc1cccc(N2CCC(O)(CN3CCOCC(O)(COc4ccc(F)cc4)C3)CC2)c1. The van der Waals surface area contributed by atoms with Gasteiger partial charge in [-0.2, -0.15) is 0 Å². The molecule has 0 radical (unpaired) electrons. The molecule has 0 bridgehead atoms. The maximum atomic E-state index is 13.1. The summed E-state index contributed by atoms with van der Waals surface area (Å²) in [6.45, 7) is 5.83. The molecule has 2 aliphatic rings. The largest absolute Gasteiger partial charge is 0.490 e. The number of hydrogen-bond donors (Lipinski definition) is 2. The molecule has 2 aliphatic heterocycles. The van der Waals surface area contributed by atoms with Crippen molar-refractivity contribution in [1.29, 1.82) is 0 Å². The van der Waals surface area contributed by atoms with E-state index in [0.29, 0.717) is 44.8 Å². The van der Waals surface area contributed by atoms with Gasteiger partial charge in [0.15, 0.2) is 0 Å². The highest BCUT2D eigenvalue weighted by Gasteiger charge is 2.39. The summed E-state index contributed by atoms with van der Waals surface area (Å²) in [5.41, 5.74) is 0.421. The zero-order valence-corrected chi connectivity index (χ0v) is 18.7. The van der Waals surface area contributed by atoms with E-state index in [9.17, 15) is 14.6 Å². The van der Waals surface area contributed by atoms with Crippen LogP contribution in [0.25, 0.3) is 0 Å². The molecule has 6 nitrogen and oxygen atoms in total. The first-order valence-corrected chi connectivity index (χ1v) is 11.3. The number of halogens is 1. The van der Waals surface area contributed by atoms with Crippen molar-refractivity contribution in [3.05, 3.63) is 59.9 Å². The minimum Gasteiger partial charge on any atom is -0.490 e. The van der Waals surface area contributed by atoms with Gasteiger partial charge in [0.25, 0.3) is 0 Å². The van der Waals surface area contributed by atoms with Crippen LogP contribution in [-0.2, 0) is 4.74 Å². The van der Waals surface area contributed by atoms with Crippen molar-refractivity contribution in [2.24, 2.45) is 0 Å². The van der Waals surface area contributed by atoms with E-state index in [2.05, 4.69) is 41.0 Å². The number of rotatable bonds is 6. The summed E-state index contributed by atoms with van der Waals surface area (Å²) in [6.07, 6.45) is 1.34. The Kier molecular flexibility index (Phi) is 7.00. The third kappa shape index (κ3) is 5.98. The minimum absolute atomic E-state index is 0.0364. The molecule has 32 heavy (non-hydrogen) atoms. The predicted molar refractivity (Wildman–Crippen MR) is 122 cm³/mol. The lowest BCUT2D eigenvalue weighted by atomic mass is 9.90. The fourth-order valence-corrected chi connectivity index (χ4v) is 4.55. The molecule has 2 aromatic carbocycles. The van der Waals surface area contributed by atoms with Crippen molar-refractivity contribution < 1.29 is 24.1 Å². The standard InChI is InChI=1S/C25H33FN2O4/c1-20-3-2-4-22(15-20)28-11-9-24(29,10-12-28)16-27-13-14-31-18-25(30,17-27)19-32-23-7-5-21(26)6-8-23/h2-8,15,29-30H,9-14,16-19H2,1H3. The average Bonchev–Trinajstić information content (AvgIpc) is 2.95. The summed E-state index contributed by atoms with van der Waals surface area (Å²) in [4.78, 5) is 4.39. The molecule has 1 atom stereocenters. The van der Waals surface area contributed by atoms with Crippen LogP contribution >= 0.6 is 0 Å².